The molecule has 0 fully saturated rings. The minimum absolute atomic E-state index is 0.386. The highest BCUT2D eigenvalue weighted by molar-refractivity contribution is 7.80. The third kappa shape index (κ3) is 3.08. The second-order valence-corrected chi connectivity index (χ2v) is 7.06. The maximum atomic E-state index is 6.01. The molecule has 6 nitrogen and oxygen atoms in total. The monoisotopic (exact) mass is 389 g/mol. The molecule has 4 rings (SSSR count). The molecule has 0 bridgehead atoms. The smallest absolute Gasteiger partial charge is 0.258 e. The normalized spacial score (nSPS) is 12.4. The predicted molar refractivity (Wildman–Crippen MR) is 99.9 cm³/mol. The Hall–Kier alpha value is -2.16. The second-order valence-electron chi connectivity index (χ2n) is 5.32. The maximum absolute atomic E-state index is 6.01. The van der Waals surface area contributed by atoms with E-state index in [1.54, 1.807) is 23.5 Å². The van der Waals surface area contributed by atoms with Crippen molar-refractivity contribution in [1.82, 2.24) is 24.9 Å². The number of hydrogen-bond donors (Lipinski definition) is 1. The third-order valence-electron chi connectivity index (χ3n) is 3.69. The molecule has 3 aromatic heterocycles. The molecule has 0 aliphatic carbocycles. The van der Waals surface area contributed by atoms with E-state index in [1.165, 1.54) is 0 Å². The molecule has 9 heteroatoms. The highest BCUT2D eigenvalue weighted by Crippen LogP contribution is 2.30. The molecular weight excluding hydrogens is 378 g/mol. The molecule has 0 amide bonds. The van der Waals surface area contributed by atoms with E-state index in [2.05, 4.69) is 33.0 Å². The number of thiol groups is 1. The Morgan fingerprint density at radius 2 is 2.12 bits per heavy atom. The molecule has 0 N–H and O–H groups in total. The van der Waals surface area contributed by atoms with Crippen LogP contribution in [0, 0.1) is 0 Å². The standard InChI is InChI=1S/C16H12ClN5OS2/c1-22-14(10-5-6-25-8-10)19-20-15(22)12(24)13-18-16(23-21-13)9-3-2-4-11(17)7-9/h2-8,12,24H,1H3. The van der Waals surface area contributed by atoms with E-state index < -0.39 is 5.25 Å². The predicted octanol–water partition coefficient (Wildman–Crippen LogP) is 4.27. The van der Waals surface area contributed by atoms with E-state index in [-0.39, 0.29) is 0 Å². The summed E-state index contributed by atoms with van der Waals surface area (Å²) in [6, 6.07) is 9.24. The Balaban J connectivity index is 1.65. The van der Waals surface area contributed by atoms with Crippen molar-refractivity contribution in [3.05, 3.63) is 57.8 Å². The van der Waals surface area contributed by atoms with Crippen LogP contribution in [-0.4, -0.2) is 24.9 Å². The topological polar surface area (TPSA) is 69.6 Å². The van der Waals surface area contributed by atoms with E-state index in [0.717, 1.165) is 17.0 Å². The van der Waals surface area contributed by atoms with Crippen molar-refractivity contribution in [3.8, 4) is 22.8 Å². The Morgan fingerprint density at radius 3 is 2.88 bits per heavy atom. The van der Waals surface area contributed by atoms with Crippen LogP contribution in [0.5, 0.6) is 0 Å². The molecule has 1 unspecified atom stereocenters. The van der Waals surface area contributed by atoms with Gasteiger partial charge in [-0.05, 0) is 29.6 Å². The van der Waals surface area contributed by atoms with Gasteiger partial charge in [0.2, 0.25) is 0 Å². The summed E-state index contributed by atoms with van der Waals surface area (Å²) >= 11 is 12.2. The highest BCUT2D eigenvalue weighted by atomic mass is 35.5. The number of halogens is 1. The van der Waals surface area contributed by atoms with Gasteiger partial charge >= 0.3 is 0 Å². The lowest BCUT2D eigenvalue weighted by molar-refractivity contribution is 0.423. The first-order valence-corrected chi connectivity index (χ1v) is 9.16. The van der Waals surface area contributed by atoms with E-state index in [0.29, 0.717) is 22.6 Å². The fourth-order valence-corrected chi connectivity index (χ4v) is 3.58. The molecule has 1 aromatic carbocycles. The largest absolute Gasteiger partial charge is 0.334 e. The number of rotatable bonds is 4. The number of nitrogens with zero attached hydrogens (tertiary/aromatic N) is 5. The fraction of sp³-hybridized carbons (Fsp3) is 0.125. The minimum atomic E-state index is -0.457. The molecule has 0 aliphatic heterocycles. The summed E-state index contributed by atoms with van der Waals surface area (Å²) in [6.45, 7) is 0. The average Bonchev–Trinajstić information content (AvgIpc) is 3.35. The van der Waals surface area contributed by atoms with E-state index in [4.69, 9.17) is 16.1 Å². The average molecular weight is 390 g/mol. The van der Waals surface area contributed by atoms with Crippen molar-refractivity contribution in [2.75, 3.05) is 0 Å². The van der Waals surface area contributed by atoms with Crippen LogP contribution in [0.4, 0.5) is 0 Å². The van der Waals surface area contributed by atoms with Crippen molar-refractivity contribution >= 4 is 35.6 Å². The number of thiophene rings is 1. The lowest BCUT2D eigenvalue weighted by Crippen LogP contribution is -2.05. The number of benzene rings is 1. The van der Waals surface area contributed by atoms with Gasteiger partial charge in [0.25, 0.3) is 5.89 Å². The van der Waals surface area contributed by atoms with Gasteiger partial charge in [0.05, 0.1) is 0 Å². The van der Waals surface area contributed by atoms with Crippen LogP contribution < -0.4 is 0 Å². The summed E-state index contributed by atoms with van der Waals surface area (Å²) < 4.78 is 7.23. The van der Waals surface area contributed by atoms with Gasteiger partial charge in [0.1, 0.15) is 5.25 Å². The maximum Gasteiger partial charge on any atom is 0.258 e. The molecule has 0 radical (unpaired) electrons. The first kappa shape index (κ1) is 16.3. The van der Waals surface area contributed by atoms with Gasteiger partial charge in [0, 0.05) is 28.6 Å². The van der Waals surface area contributed by atoms with Crippen LogP contribution in [-0.2, 0) is 7.05 Å². The molecule has 0 saturated carbocycles. The van der Waals surface area contributed by atoms with Gasteiger partial charge < -0.3 is 9.09 Å². The molecule has 1 atom stereocenters. The van der Waals surface area contributed by atoms with Crippen molar-refractivity contribution in [1.29, 1.82) is 0 Å². The van der Waals surface area contributed by atoms with Crippen molar-refractivity contribution in [3.63, 3.8) is 0 Å². The molecule has 4 aromatic rings. The lowest BCUT2D eigenvalue weighted by Gasteiger charge is -2.06. The quantitative estimate of drug-likeness (QED) is 0.528. The van der Waals surface area contributed by atoms with Gasteiger partial charge in [-0.25, -0.2) is 0 Å². The zero-order valence-electron chi connectivity index (χ0n) is 13.0. The Labute approximate surface area is 157 Å². The van der Waals surface area contributed by atoms with E-state index >= 15 is 0 Å². The molecule has 25 heavy (non-hydrogen) atoms. The summed E-state index contributed by atoms with van der Waals surface area (Å²) in [7, 11) is 1.89. The van der Waals surface area contributed by atoms with Gasteiger partial charge in [-0.3, -0.25) is 0 Å². The van der Waals surface area contributed by atoms with E-state index in [9.17, 15) is 0 Å². The van der Waals surface area contributed by atoms with Crippen LogP contribution in [0.15, 0.2) is 45.6 Å². The van der Waals surface area contributed by atoms with Crippen LogP contribution in [0.25, 0.3) is 22.8 Å². The zero-order chi connectivity index (χ0) is 17.4. The Morgan fingerprint density at radius 1 is 1.24 bits per heavy atom. The molecule has 0 aliphatic rings. The molecule has 0 saturated heterocycles. The summed E-state index contributed by atoms with van der Waals surface area (Å²) in [5, 5.41) is 16.7. The van der Waals surface area contributed by atoms with Crippen LogP contribution in [0.2, 0.25) is 5.02 Å². The molecule has 3 heterocycles. The first-order valence-electron chi connectivity index (χ1n) is 7.33. The second kappa shape index (κ2) is 6.62. The van der Waals surface area contributed by atoms with E-state index in [1.807, 2.05) is 40.6 Å². The molecule has 0 spiro atoms. The van der Waals surface area contributed by atoms with Crippen molar-refractivity contribution in [2.45, 2.75) is 5.25 Å². The fourth-order valence-electron chi connectivity index (χ4n) is 2.42. The molecule has 126 valence electrons. The Bertz CT molecular complexity index is 1010. The van der Waals surface area contributed by atoms with Crippen molar-refractivity contribution in [2.24, 2.45) is 7.05 Å². The van der Waals surface area contributed by atoms with Crippen LogP contribution >= 0.6 is 35.6 Å². The van der Waals surface area contributed by atoms with Gasteiger partial charge in [-0.15, -0.1) is 10.2 Å². The van der Waals surface area contributed by atoms with Gasteiger partial charge in [0.15, 0.2) is 17.5 Å². The minimum Gasteiger partial charge on any atom is -0.334 e. The third-order valence-corrected chi connectivity index (χ3v) is 5.07. The first-order chi connectivity index (χ1) is 12.1. The molecular formula is C16H12ClN5OS2. The zero-order valence-corrected chi connectivity index (χ0v) is 15.5. The Kier molecular flexibility index (Phi) is 4.32. The summed E-state index contributed by atoms with van der Waals surface area (Å²) in [5.41, 5.74) is 1.77. The summed E-state index contributed by atoms with van der Waals surface area (Å²) in [6.07, 6.45) is 0. The lowest BCUT2D eigenvalue weighted by atomic mass is 10.2. The SMILES string of the molecule is Cn1c(-c2ccsc2)nnc1C(S)c1noc(-c2cccc(Cl)c2)n1. The van der Waals surface area contributed by atoms with Crippen LogP contribution in [0.3, 0.4) is 0 Å². The number of aromatic nitrogens is 5. The van der Waals surface area contributed by atoms with Crippen molar-refractivity contribution < 1.29 is 4.52 Å². The summed E-state index contributed by atoms with van der Waals surface area (Å²) in [4.78, 5) is 4.42. The highest BCUT2D eigenvalue weighted by Gasteiger charge is 2.24. The van der Waals surface area contributed by atoms with Crippen LogP contribution in [0.1, 0.15) is 16.9 Å². The van der Waals surface area contributed by atoms with Gasteiger partial charge in [-0.1, -0.05) is 22.8 Å². The van der Waals surface area contributed by atoms with Gasteiger partial charge in [-0.2, -0.15) is 28.9 Å². The number of hydrogen-bond acceptors (Lipinski definition) is 7. The summed E-state index contributed by atoms with van der Waals surface area (Å²) in [5.74, 6) is 2.22.